The van der Waals surface area contributed by atoms with Gasteiger partial charge >= 0.3 is 6.03 Å². The highest BCUT2D eigenvalue weighted by Crippen LogP contribution is 2.62. The van der Waals surface area contributed by atoms with E-state index in [9.17, 15) is 14.7 Å². The molecule has 1 aromatic rings. The van der Waals surface area contributed by atoms with Crippen molar-refractivity contribution in [1.82, 2.24) is 9.80 Å². The van der Waals surface area contributed by atoms with Crippen molar-refractivity contribution in [2.45, 2.75) is 149 Å². The largest absolute Gasteiger partial charge is 0.393 e. The van der Waals surface area contributed by atoms with E-state index >= 15 is 0 Å². The number of likely N-dealkylation sites (N-methyl/N-ethyl adjacent to an activating group) is 1. The van der Waals surface area contributed by atoms with Crippen molar-refractivity contribution in [3.05, 3.63) is 47.0 Å². The lowest BCUT2D eigenvalue weighted by atomic mass is 9.52. The van der Waals surface area contributed by atoms with E-state index < -0.39 is 0 Å². The minimum absolute atomic E-state index is 0.0385. The fraction of sp³-hybridized carbons (Fsp3) is 0.744. The summed E-state index contributed by atoms with van der Waals surface area (Å²) in [4.78, 5) is 29.3. The number of rotatable bonds is 12. The van der Waals surface area contributed by atoms with Gasteiger partial charge in [0.1, 0.15) is 0 Å². The molecule has 3 aliphatic carbocycles. The number of allylic oxidation sites excluding steroid dienone is 2. The normalized spacial score (nSPS) is 33.9. The van der Waals surface area contributed by atoms with Gasteiger partial charge in [0.2, 0.25) is 5.91 Å². The highest BCUT2D eigenvalue weighted by Gasteiger charge is 2.56. The van der Waals surface area contributed by atoms with Crippen LogP contribution in [0.2, 0.25) is 0 Å². The number of nitrogens with zero attached hydrogens (tertiary/aromatic N) is 2. The number of unbranched alkanes of at least 4 members (excludes halogenated alkanes) is 4. The molecule has 5 rings (SSSR count). The Kier molecular flexibility index (Phi) is 10.6. The smallest absolute Gasteiger partial charge is 0.327 e. The number of carbonyl (C=O) groups is 2. The van der Waals surface area contributed by atoms with E-state index in [1.807, 2.05) is 13.8 Å². The summed E-state index contributed by atoms with van der Waals surface area (Å²) in [6.45, 7) is 10.8. The van der Waals surface area contributed by atoms with Gasteiger partial charge in [-0.3, -0.25) is 9.69 Å². The Bertz CT molecular complexity index is 1190. The highest BCUT2D eigenvalue weighted by atomic mass is 16.3. The first-order valence-corrected chi connectivity index (χ1v) is 18.1. The Morgan fingerprint density at radius 2 is 1.84 bits per heavy atom. The number of carbonyl (C=O) groups excluding carboxylic acids is 2. The number of aryl methyl sites for hydroxylation is 1. The maximum Gasteiger partial charge on any atom is 0.327 e. The summed E-state index contributed by atoms with van der Waals surface area (Å²) in [5, 5.41) is 11.0. The zero-order valence-electron chi connectivity index (χ0n) is 28.6. The van der Waals surface area contributed by atoms with E-state index in [4.69, 9.17) is 0 Å². The van der Waals surface area contributed by atoms with Crippen LogP contribution in [0, 0.1) is 36.0 Å². The average Bonchev–Trinajstić information content (AvgIpc) is 3.41. The van der Waals surface area contributed by atoms with Crippen LogP contribution in [0.25, 0.3) is 0 Å². The minimum Gasteiger partial charge on any atom is -0.393 e. The van der Waals surface area contributed by atoms with Gasteiger partial charge in [-0.25, -0.2) is 4.79 Å². The lowest BCUT2D eigenvalue weighted by Gasteiger charge is -2.53. The van der Waals surface area contributed by atoms with Crippen LogP contribution in [0.5, 0.6) is 0 Å². The van der Waals surface area contributed by atoms with Crippen LogP contribution in [0.15, 0.2) is 30.4 Å². The Labute approximate surface area is 267 Å². The summed E-state index contributed by atoms with van der Waals surface area (Å²) in [5.74, 6) is 2.65. The number of imide groups is 1. The molecule has 3 amide bonds. The Morgan fingerprint density at radius 1 is 1.07 bits per heavy atom. The molecule has 1 N–H and O–H groups in total. The van der Waals surface area contributed by atoms with Crippen LogP contribution in [-0.2, 0) is 11.2 Å². The monoisotopic (exact) mass is 604 g/mol. The Morgan fingerprint density at radius 3 is 2.57 bits per heavy atom. The van der Waals surface area contributed by atoms with E-state index in [0.717, 1.165) is 57.8 Å². The number of aliphatic hydroxyl groups is 1. The summed E-state index contributed by atoms with van der Waals surface area (Å²) < 4.78 is 0. The van der Waals surface area contributed by atoms with Gasteiger partial charge in [0, 0.05) is 13.0 Å². The zero-order valence-corrected chi connectivity index (χ0v) is 28.6. The van der Waals surface area contributed by atoms with Crippen LogP contribution >= 0.6 is 0 Å². The second kappa shape index (κ2) is 14.1. The van der Waals surface area contributed by atoms with Crippen LogP contribution < -0.4 is 0 Å². The molecule has 5 heteroatoms. The second-order valence-corrected chi connectivity index (χ2v) is 15.4. The van der Waals surface area contributed by atoms with Gasteiger partial charge in [-0.15, -0.1) is 0 Å². The fourth-order valence-electron chi connectivity index (χ4n) is 9.80. The number of hydrogen-bond acceptors (Lipinski definition) is 3. The van der Waals surface area contributed by atoms with E-state index in [-0.39, 0.29) is 41.5 Å². The third-order valence-electron chi connectivity index (χ3n) is 12.7. The molecule has 0 bridgehead atoms. The molecule has 9 atom stereocenters. The predicted molar refractivity (Wildman–Crippen MR) is 179 cm³/mol. The number of amides is 3. The maximum absolute atomic E-state index is 13.3. The van der Waals surface area contributed by atoms with Gasteiger partial charge < -0.3 is 10.0 Å². The van der Waals surface area contributed by atoms with E-state index in [1.165, 1.54) is 42.6 Å². The summed E-state index contributed by atoms with van der Waals surface area (Å²) in [7, 11) is 1.80. The van der Waals surface area contributed by atoms with Gasteiger partial charge in [0.15, 0.2) is 0 Å². The third kappa shape index (κ3) is 6.42. The summed E-state index contributed by atoms with van der Waals surface area (Å²) >= 11 is 0. The lowest BCUT2D eigenvalue weighted by Crippen LogP contribution is -2.47. The molecule has 0 spiro atoms. The molecule has 2 saturated carbocycles. The molecule has 244 valence electrons. The molecule has 1 aromatic carbocycles. The summed E-state index contributed by atoms with van der Waals surface area (Å²) in [6.07, 6.45) is 20.1. The molecule has 3 fully saturated rings. The predicted octanol–water partition coefficient (Wildman–Crippen LogP) is 8.81. The van der Waals surface area contributed by atoms with Crippen LogP contribution in [0.1, 0.15) is 134 Å². The first kappa shape index (κ1) is 33.2. The first-order valence-electron chi connectivity index (χ1n) is 18.1. The van der Waals surface area contributed by atoms with Crippen molar-refractivity contribution in [1.29, 1.82) is 0 Å². The second-order valence-electron chi connectivity index (χ2n) is 15.4. The van der Waals surface area contributed by atoms with Gasteiger partial charge in [-0.1, -0.05) is 75.4 Å². The summed E-state index contributed by atoms with van der Waals surface area (Å²) in [6, 6.07) is 7.05. The fourth-order valence-corrected chi connectivity index (χ4v) is 9.80. The quantitative estimate of drug-likeness (QED) is 0.192. The topological polar surface area (TPSA) is 60.9 Å². The lowest BCUT2D eigenvalue weighted by molar-refractivity contribution is -0.133. The zero-order chi connectivity index (χ0) is 31.6. The van der Waals surface area contributed by atoms with Gasteiger partial charge in [-0.05, 0) is 125 Å². The number of hydrogen-bond donors (Lipinski definition) is 1. The van der Waals surface area contributed by atoms with Crippen LogP contribution in [0.3, 0.4) is 0 Å². The molecule has 5 nitrogen and oxygen atoms in total. The van der Waals surface area contributed by atoms with Crippen molar-refractivity contribution in [2.75, 3.05) is 7.05 Å². The first-order chi connectivity index (χ1) is 21.1. The SMILES string of the molecule is CCCC(CCCCCC/C=C/CC1Cc2cc(C)ccc2C2CCC3(C)C(O)CCC3C12)C(=O)N1C(=O)N(C)C(C)C1C. The average molecular weight is 605 g/mol. The van der Waals surface area contributed by atoms with E-state index in [1.54, 1.807) is 23.1 Å². The Balaban J connectivity index is 1.09. The van der Waals surface area contributed by atoms with Gasteiger partial charge in [0.05, 0.1) is 18.2 Å². The molecular weight excluding hydrogens is 544 g/mol. The minimum atomic E-state index is -0.135. The number of urea groups is 1. The van der Waals surface area contributed by atoms with Crippen molar-refractivity contribution >= 4 is 11.9 Å². The molecule has 1 aliphatic heterocycles. The van der Waals surface area contributed by atoms with Gasteiger partial charge in [-0.2, -0.15) is 0 Å². The van der Waals surface area contributed by atoms with Crippen LogP contribution in [0.4, 0.5) is 4.79 Å². The molecule has 0 radical (unpaired) electrons. The molecular formula is C39H60N2O3. The van der Waals surface area contributed by atoms with Gasteiger partial charge in [0.25, 0.3) is 0 Å². The van der Waals surface area contributed by atoms with Crippen LogP contribution in [-0.4, -0.2) is 52.1 Å². The molecule has 4 aliphatic rings. The standard InChI is InChI=1S/C39H60N2O3/c1-7-15-29(37(43)41-28(4)27(3)40(6)38(41)44)16-13-11-9-8-10-12-14-17-30-25-31-24-26(2)18-19-32(31)33-22-23-39(5)34(36(30)33)20-21-35(39)42/h12,14,18-19,24,27-30,33-36,42H,7-11,13,15-17,20-23,25H2,1-6H3/b14-12+. The van der Waals surface area contributed by atoms with Crippen molar-refractivity contribution in [2.24, 2.45) is 29.1 Å². The highest BCUT2D eigenvalue weighted by molar-refractivity contribution is 5.97. The number of fused-ring (bicyclic) bond motifs is 5. The van der Waals surface area contributed by atoms with Crippen molar-refractivity contribution in [3.63, 3.8) is 0 Å². The van der Waals surface area contributed by atoms with Crippen molar-refractivity contribution < 1.29 is 14.7 Å². The molecule has 9 unspecified atom stereocenters. The maximum atomic E-state index is 13.3. The summed E-state index contributed by atoms with van der Waals surface area (Å²) in [5.41, 5.74) is 4.66. The molecule has 0 aromatic heterocycles. The Hall–Kier alpha value is -2.14. The van der Waals surface area contributed by atoms with E-state index in [2.05, 4.69) is 51.1 Å². The number of benzene rings is 1. The number of aliphatic hydroxyl groups excluding tert-OH is 1. The van der Waals surface area contributed by atoms with E-state index in [0.29, 0.717) is 23.7 Å². The van der Waals surface area contributed by atoms with Crippen molar-refractivity contribution in [3.8, 4) is 0 Å². The molecule has 1 saturated heterocycles. The molecule has 44 heavy (non-hydrogen) atoms. The molecule has 1 heterocycles. The third-order valence-corrected chi connectivity index (χ3v) is 12.7.